The number of nitrogens with one attached hydrogen (secondary N) is 1. The minimum absolute atomic E-state index is 0.400. The lowest BCUT2D eigenvalue weighted by Gasteiger charge is -2.28. The van der Waals surface area contributed by atoms with E-state index < -0.39 is 0 Å². The Morgan fingerprint density at radius 1 is 1.20 bits per heavy atom. The van der Waals surface area contributed by atoms with Crippen LogP contribution in [0.1, 0.15) is 25.7 Å². The largest absolute Gasteiger partial charge is 0.384 e. The number of nitrogen functional groups attached to an aromatic ring is 1. The first-order chi connectivity index (χ1) is 9.76. The van der Waals surface area contributed by atoms with Crippen LogP contribution in [0.5, 0.6) is 0 Å². The standard InChI is InChI=1S/C14H19N5O/c1-20-10-4-2-9(3-5-10)18-13-11-6-7-12(15)19-14(11)17-8-16-13/h6-10H,2-5H2,1H3,(H3,15,16,17,18,19). The van der Waals surface area contributed by atoms with Crippen LogP contribution in [0.2, 0.25) is 0 Å². The van der Waals surface area contributed by atoms with Gasteiger partial charge in [-0.2, -0.15) is 0 Å². The summed E-state index contributed by atoms with van der Waals surface area (Å²) in [6, 6.07) is 4.12. The van der Waals surface area contributed by atoms with E-state index in [-0.39, 0.29) is 0 Å². The molecular formula is C14H19N5O. The van der Waals surface area contributed by atoms with Gasteiger partial charge < -0.3 is 15.8 Å². The molecule has 2 aromatic heterocycles. The molecule has 0 bridgehead atoms. The molecule has 3 N–H and O–H groups in total. The zero-order valence-corrected chi connectivity index (χ0v) is 11.5. The van der Waals surface area contributed by atoms with E-state index in [1.807, 2.05) is 6.07 Å². The van der Waals surface area contributed by atoms with Gasteiger partial charge in [-0.1, -0.05) is 0 Å². The molecule has 1 aliphatic rings. The van der Waals surface area contributed by atoms with Gasteiger partial charge in [-0.3, -0.25) is 0 Å². The first kappa shape index (κ1) is 13.1. The maximum Gasteiger partial charge on any atom is 0.166 e. The summed E-state index contributed by atoms with van der Waals surface area (Å²) in [5.41, 5.74) is 6.32. The van der Waals surface area contributed by atoms with Crippen LogP contribution in [0.15, 0.2) is 18.5 Å². The molecule has 2 heterocycles. The summed E-state index contributed by atoms with van der Waals surface area (Å²) >= 11 is 0. The van der Waals surface area contributed by atoms with Crippen molar-refractivity contribution < 1.29 is 4.74 Å². The summed E-state index contributed by atoms with van der Waals surface area (Å²) in [5, 5.41) is 4.41. The van der Waals surface area contributed by atoms with Crippen LogP contribution in [0, 0.1) is 0 Å². The lowest BCUT2D eigenvalue weighted by atomic mass is 9.93. The number of rotatable bonds is 3. The van der Waals surface area contributed by atoms with Gasteiger partial charge in [-0.15, -0.1) is 0 Å². The molecule has 6 heteroatoms. The molecule has 6 nitrogen and oxygen atoms in total. The van der Waals surface area contributed by atoms with E-state index in [4.69, 9.17) is 10.5 Å². The Labute approximate surface area is 117 Å². The summed E-state index contributed by atoms with van der Waals surface area (Å²) in [5.74, 6) is 1.31. The monoisotopic (exact) mass is 273 g/mol. The molecule has 0 aromatic carbocycles. The lowest BCUT2D eigenvalue weighted by Crippen LogP contribution is -2.29. The molecule has 0 amide bonds. The van der Waals surface area contributed by atoms with E-state index in [1.54, 1.807) is 13.2 Å². The van der Waals surface area contributed by atoms with Crippen LogP contribution in [-0.4, -0.2) is 34.2 Å². The van der Waals surface area contributed by atoms with E-state index in [1.165, 1.54) is 6.33 Å². The topological polar surface area (TPSA) is 86.0 Å². The molecule has 0 spiro atoms. The van der Waals surface area contributed by atoms with Crippen molar-refractivity contribution in [3.8, 4) is 0 Å². The van der Waals surface area contributed by atoms with Crippen molar-refractivity contribution in [1.29, 1.82) is 0 Å². The van der Waals surface area contributed by atoms with Crippen molar-refractivity contribution in [2.45, 2.75) is 37.8 Å². The van der Waals surface area contributed by atoms with Crippen molar-refractivity contribution in [1.82, 2.24) is 15.0 Å². The number of pyridine rings is 1. The van der Waals surface area contributed by atoms with Crippen molar-refractivity contribution in [2.75, 3.05) is 18.2 Å². The first-order valence-corrected chi connectivity index (χ1v) is 6.93. The highest BCUT2D eigenvalue weighted by Crippen LogP contribution is 2.25. The third-order valence-corrected chi connectivity index (χ3v) is 3.87. The molecular weight excluding hydrogens is 254 g/mol. The summed E-state index contributed by atoms with van der Waals surface area (Å²) in [6.07, 6.45) is 6.28. The van der Waals surface area contributed by atoms with Crippen LogP contribution in [-0.2, 0) is 4.74 Å². The predicted octanol–water partition coefficient (Wildman–Crippen LogP) is 1.98. The van der Waals surface area contributed by atoms with Crippen LogP contribution >= 0.6 is 0 Å². The first-order valence-electron chi connectivity index (χ1n) is 6.93. The molecule has 1 fully saturated rings. The van der Waals surface area contributed by atoms with Gasteiger partial charge >= 0.3 is 0 Å². The maximum absolute atomic E-state index is 5.68. The minimum Gasteiger partial charge on any atom is -0.384 e. The van der Waals surface area contributed by atoms with Gasteiger partial charge in [0.15, 0.2) is 5.65 Å². The summed E-state index contributed by atoms with van der Waals surface area (Å²) in [6.45, 7) is 0. The average Bonchev–Trinajstić information content (AvgIpc) is 2.48. The minimum atomic E-state index is 0.400. The lowest BCUT2D eigenvalue weighted by molar-refractivity contribution is 0.0681. The third kappa shape index (κ3) is 2.65. The fraction of sp³-hybridized carbons (Fsp3) is 0.500. The Bertz CT molecular complexity index is 595. The van der Waals surface area contributed by atoms with E-state index in [9.17, 15) is 0 Å². The molecule has 1 saturated carbocycles. The maximum atomic E-state index is 5.68. The smallest absolute Gasteiger partial charge is 0.166 e. The number of hydrogen-bond acceptors (Lipinski definition) is 6. The van der Waals surface area contributed by atoms with Gasteiger partial charge in [0.25, 0.3) is 0 Å². The second kappa shape index (κ2) is 5.58. The molecule has 106 valence electrons. The fourth-order valence-corrected chi connectivity index (χ4v) is 2.71. The highest BCUT2D eigenvalue weighted by molar-refractivity contribution is 5.87. The highest BCUT2D eigenvalue weighted by Gasteiger charge is 2.21. The normalized spacial score (nSPS) is 22.9. The van der Waals surface area contributed by atoms with E-state index in [2.05, 4.69) is 20.3 Å². The van der Waals surface area contributed by atoms with E-state index >= 15 is 0 Å². The molecule has 2 aromatic rings. The number of nitrogens with two attached hydrogens (primary N) is 1. The van der Waals surface area contributed by atoms with Gasteiger partial charge in [-0.25, -0.2) is 15.0 Å². The van der Waals surface area contributed by atoms with Crippen LogP contribution in [0.3, 0.4) is 0 Å². The number of methoxy groups -OCH3 is 1. The molecule has 20 heavy (non-hydrogen) atoms. The second-order valence-corrected chi connectivity index (χ2v) is 5.18. The van der Waals surface area contributed by atoms with Gasteiger partial charge in [-0.05, 0) is 37.8 Å². The summed E-state index contributed by atoms with van der Waals surface area (Å²) < 4.78 is 5.40. The van der Waals surface area contributed by atoms with Crippen LogP contribution in [0.4, 0.5) is 11.6 Å². The quantitative estimate of drug-likeness (QED) is 0.889. The van der Waals surface area contributed by atoms with E-state index in [0.717, 1.165) is 36.9 Å². The molecule has 0 unspecified atom stereocenters. The number of hydrogen-bond donors (Lipinski definition) is 2. The molecule has 0 radical (unpaired) electrons. The summed E-state index contributed by atoms with van der Waals surface area (Å²) in [7, 11) is 1.78. The van der Waals surface area contributed by atoms with Crippen molar-refractivity contribution in [2.24, 2.45) is 0 Å². The SMILES string of the molecule is COC1CCC(Nc2ncnc3nc(N)ccc23)CC1. The Kier molecular flexibility index (Phi) is 3.64. The number of anilines is 2. The Morgan fingerprint density at radius 2 is 2.00 bits per heavy atom. The molecule has 1 aliphatic carbocycles. The van der Waals surface area contributed by atoms with Crippen molar-refractivity contribution >= 4 is 22.7 Å². The highest BCUT2D eigenvalue weighted by atomic mass is 16.5. The van der Waals surface area contributed by atoms with E-state index in [0.29, 0.717) is 23.6 Å². The van der Waals surface area contributed by atoms with Gasteiger partial charge in [0, 0.05) is 13.2 Å². The molecule has 0 atom stereocenters. The van der Waals surface area contributed by atoms with Crippen molar-refractivity contribution in [3.63, 3.8) is 0 Å². The average molecular weight is 273 g/mol. The third-order valence-electron chi connectivity index (χ3n) is 3.87. The van der Waals surface area contributed by atoms with Crippen molar-refractivity contribution in [3.05, 3.63) is 18.5 Å². The van der Waals surface area contributed by atoms with Gasteiger partial charge in [0.2, 0.25) is 0 Å². The Morgan fingerprint density at radius 3 is 2.75 bits per heavy atom. The summed E-state index contributed by atoms with van der Waals surface area (Å²) in [4.78, 5) is 12.7. The molecule has 0 saturated heterocycles. The second-order valence-electron chi connectivity index (χ2n) is 5.18. The number of fused-ring (bicyclic) bond motifs is 1. The van der Waals surface area contributed by atoms with Crippen LogP contribution in [0.25, 0.3) is 11.0 Å². The fourth-order valence-electron chi connectivity index (χ4n) is 2.71. The number of nitrogens with zero attached hydrogens (tertiary/aromatic N) is 3. The van der Waals surface area contributed by atoms with Gasteiger partial charge in [0.1, 0.15) is 18.0 Å². The Hall–Kier alpha value is -1.95. The van der Waals surface area contributed by atoms with Crippen LogP contribution < -0.4 is 11.1 Å². The van der Waals surface area contributed by atoms with Gasteiger partial charge in [0.05, 0.1) is 11.5 Å². The predicted molar refractivity (Wildman–Crippen MR) is 78.4 cm³/mol. The number of aromatic nitrogens is 3. The molecule has 3 rings (SSSR count). The molecule has 0 aliphatic heterocycles. The number of ether oxygens (including phenoxy) is 1. The zero-order valence-electron chi connectivity index (χ0n) is 11.5. The Balaban J connectivity index is 1.78. The zero-order chi connectivity index (χ0) is 13.9.